The number of anilines is 1. The largest absolute Gasteiger partial charge is 0.508 e. The van der Waals surface area contributed by atoms with Crippen LogP contribution in [0.2, 0.25) is 0 Å². The number of aromatic nitrogens is 1. The molecule has 0 unspecified atom stereocenters. The number of phenolic OH excluding ortho intramolecular Hbond substituents is 1. The van der Waals surface area contributed by atoms with Crippen LogP contribution < -0.4 is 5.73 Å². The lowest BCUT2D eigenvalue weighted by molar-refractivity contribution is 0.00702. The lowest BCUT2D eigenvalue weighted by Gasteiger charge is -2.19. The molecule has 11 heteroatoms. The van der Waals surface area contributed by atoms with Gasteiger partial charge in [-0.25, -0.2) is 9.78 Å². The Kier molecular flexibility index (Phi) is 6.84. The maximum Gasteiger partial charge on any atom is 0.342 e. The predicted molar refractivity (Wildman–Crippen MR) is 128 cm³/mol. The molecule has 4 N–H and O–H groups in total. The van der Waals surface area contributed by atoms with Crippen LogP contribution in [0.3, 0.4) is 0 Å². The first-order valence-corrected chi connectivity index (χ1v) is 11.3. The second kappa shape index (κ2) is 9.28. The first-order chi connectivity index (χ1) is 15.4. The molecule has 0 bridgehead atoms. The van der Waals surface area contributed by atoms with E-state index in [0.29, 0.717) is 10.0 Å². The fraction of sp³-hybridized carbons (Fsp3) is 0.227. The summed E-state index contributed by atoms with van der Waals surface area (Å²) in [5.41, 5.74) is 5.60. The summed E-state index contributed by atoms with van der Waals surface area (Å²) in [6.45, 7) is 6.81. The van der Waals surface area contributed by atoms with Crippen molar-refractivity contribution in [1.29, 1.82) is 0 Å². The van der Waals surface area contributed by atoms with Crippen LogP contribution in [-0.4, -0.2) is 32.6 Å². The van der Waals surface area contributed by atoms with Crippen molar-refractivity contribution in [3.05, 3.63) is 56.4 Å². The van der Waals surface area contributed by atoms with Crippen LogP contribution in [-0.2, 0) is 4.74 Å². The highest BCUT2D eigenvalue weighted by Crippen LogP contribution is 2.40. The number of thiophene rings is 1. The molecule has 0 saturated heterocycles. The zero-order valence-electron chi connectivity index (χ0n) is 18.2. The highest BCUT2D eigenvalue weighted by Gasteiger charge is 2.29. The van der Waals surface area contributed by atoms with E-state index in [0.717, 1.165) is 11.3 Å². The van der Waals surface area contributed by atoms with Gasteiger partial charge in [0.15, 0.2) is 22.4 Å². The summed E-state index contributed by atoms with van der Waals surface area (Å²) < 4.78 is 5.84. The highest BCUT2D eigenvalue weighted by atomic mass is 79.9. The Labute approximate surface area is 202 Å². The quantitative estimate of drug-likeness (QED) is 0.213. The van der Waals surface area contributed by atoms with Gasteiger partial charge in [0.25, 0.3) is 0 Å². The molecule has 9 nitrogen and oxygen atoms in total. The Morgan fingerprint density at radius 1 is 1.18 bits per heavy atom. The lowest BCUT2D eigenvalue weighted by Crippen LogP contribution is -2.24. The molecule has 0 spiro atoms. The van der Waals surface area contributed by atoms with Crippen LogP contribution in [0.15, 0.2) is 45.0 Å². The van der Waals surface area contributed by atoms with Gasteiger partial charge in [-0.3, -0.25) is 4.79 Å². The van der Waals surface area contributed by atoms with E-state index in [-0.39, 0.29) is 49.9 Å². The van der Waals surface area contributed by atoms with E-state index in [2.05, 4.69) is 31.1 Å². The van der Waals surface area contributed by atoms with Gasteiger partial charge in [0.05, 0.1) is 9.35 Å². The normalized spacial score (nSPS) is 11.7. The number of halogens is 1. The molecule has 3 rings (SSSR count). The minimum atomic E-state index is -0.773. The number of carbonyl (C=O) groups is 2. The van der Waals surface area contributed by atoms with Crippen LogP contribution in [0.4, 0.5) is 16.6 Å². The number of nitrogens with two attached hydrogens (primary N) is 1. The van der Waals surface area contributed by atoms with Crippen molar-refractivity contribution in [1.82, 2.24) is 4.98 Å². The fourth-order valence-corrected chi connectivity index (χ4v) is 4.24. The lowest BCUT2D eigenvalue weighted by atomic mass is 10.0. The van der Waals surface area contributed by atoms with Crippen LogP contribution >= 0.6 is 27.3 Å². The number of phenols is 1. The molecule has 3 aromatic rings. The second-order valence-corrected chi connectivity index (χ2v) is 9.87. The minimum Gasteiger partial charge on any atom is -0.508 e. The SMILES string of the molecule is Cc1c(C(=O)c2cccc(O)c2)sc(/N=N/c2nc(N)c(O)cc2Br)c1C(=O)OC(C)(C)C. The molecule has 1 aromatic carbocycles. The summed E-state index contributed by atoms with van der Waals surface area (Å²) in [6.07, 6.45) is 0. The highest BCUT2D eigenvalue weighted by molar-refractivity contribution is 9.10. The Bertz CT molecular complexity index is 1280. The van der Waals surface area contributed by atoms with Crippen molar-refractivity contribution in [2.24, 2.45) is 10.2 Å². The molecule has 2 aromatic heterocycles. The van der Waals surface area contributed by atoms with E-state index in [1.807, 2.05) is 0 Å². The number of nitrogen functional groups attached to an aromatic ring is 1. The van der Waals surface area contributed by atoms with E-state index < -0.39 is 11.6 Å². The van der Waals surface area contributed by atoms with Crippen LogP contribution in [0.25, 0.3) is 0 Å². The third kappa shape index (κ3) is 5.55. The van der Waals surface area contributed by atoms with Crippen LogP contribution in [0.5, 0.6) is 11.5 Å². The third-order valence-corrected chi connectivity index (χ3v) is 6.01. The van der Waals surface area contributed by atoms with Gasteiger partial charge in [0.1, 0.15) is 16.9 Å². The Balaban J connectivity index is 2.11. The van der Waals surface area contributed by atoms with Gasteiger partial charge in [-0.05, 0) is 61.3 Å². The van der Waals surface area contributed by atoms with E-state index in [1.54, 1.807) is 39.8 Å². The van der Waals surface area contributed by atoms with Crippen LogP contribution in [0.1, 0.15) is 51.9 Å². The summed E-state index contributed by atoms with van der Waals surface area (Å²) >= 11 is 4.19. The zero-order chi connectivity index (χ0) is 24.5. The fourth-order valence-electron chi connectivity index (χ4n) is 2.78. The maximum atomic E-state index is 13.1. The number of carbonyl (C=O) groups excluding carboxylic acids is 2. The van der Waals surface area contributed by atoms with E-state index >= 15 is 0 Å². The Hall–Kier alpha value is -3.31. The van der Waals surface area contributed by atoms with E-state index in [4.69, 9.17) is 10.5 Å². The molecule has 2 heterocycles. The average Bonchev–Trinajstić information content (AvgIpc) is 3.04. The molecule has 0 saturated carbocycles. The summed E-state index contributed by atoms with van der Waals surface area (Å²) in [4.78, 5) is 30.3. The molecule has 0 atom stereocenters. The number of aromatic hydroxyl groups is 2. The molecule has 0 aliphatic heterocycles. The summed E-state index contributed by atoms with van der Waals surface area (Å²) in [5.74, 6) is -1.37. The number of benzene rings is 1. The summed E-state index contributed by atoms with van der Waals surface area (Å²) in [7, 11) is 0. The smallest absolute Gasteiger partial charge is 0.342 e. The van der Waals surface area contributed by atoms with Gasteiger partial charge in [-0.15, -0.1) is 21.6 Å². The van der Waals surface area contributed by atoms with Gasteiger partial charge in [0, 0.05) is 11.6 Å². The van der Waals surface area contributed by atoms with Crippen molar-refractivity contribution in [2.45, 2.75) is 33.3 Å². The third-order valence-electron chi connectivity index (χ3n) is 4.25. The van der Waals surface area contributed by atoms with Crippen molar-refractivity contribution in [3.8, 4) is 11.5 Å². The maximum absolute atomic E-state index is 13.1. The minimum absolute atomic E-state index is 0.0526. The van der Waals surface area contributed by atoms with Crippen molar-refractivity contribution in [2.75, 3.05) is 5.73 Å². The summed E-state index contributed by atoms with van der Waals surface area (Å²) in [6, 6.07) is 7.24. The number of esters is 1. The van der Waals surface area contributed by atoms with E-state index in [1.165, 1.54) is 18.2 Å². The topological polar surface area (TPSA) is 147 Å². The molecule has 0 fully saturated rings. The number of rotatable bonds is 5. The average molecular weight is 533 g/mol. The molecule has 33 heavy (non-hydrogen) atoms. The molecule has 0 aliphatic rings. The molecular formula is C22H21BrN4O5S. The second-order valence-electron chi connectivity index (χ2n) is 8.02. The summed E-state index contributed by atoms with van der Waals surface area (Å²) in [5, 5.41) is 27.7. The molecule has 172 valence electrons. The van der Waals surface area contributed by atoms with Gasteiger partial charge in [-0.2, -0.15) is 0 Å². The number of pyridine rings is 1. The van der Waals surface area contributed by atoms with Crippen LogP contribution in [0, 0.1) is 6.92 Å². The van der Waals surface area contributed by atoms with E-state index in [9.17, 15) is 19.8 Å². The van der Waals surface area contributed by atoms with Crippen molar-refractivity contribution < 1.29 is 24.5 Å². The van der Waals surface area contributed by atoms with Crippen molar-refractivity contribution >= 4 is 55.7 Å². The Morgan fingerprint density at radius 3 is 2.52 bits per heavy atom. The van der Waals surface area contributed by atoms with Gasteiger partial charge in [-0.1, -0.05) is 12.1 Å². The zero-order valence-corrected chi connectivity index (χ0v) is 20.6. The first-order valence-electron chi connectivity index (χ1n) is 9.64. The monoisotopic (exact) mass is 532 g/mol. The molecule has 0 amide bonds. The number of ketones is 1. The van der Waals surface area contributed by atoms with Gasteiger partial charge >= 0.3 is 5.97 Å². The standard InChI is InChI=1S/C22H21BrN4O5S/c1-10-15(21(31)32-22(2,3)4)20(27-26-19-13(23)9-14(29)18(24)25-19)33-17(10)16(30)11-6-5-7-12(28)8-11/h5-9,28-29H,1-4H3,(H2,24,25)/b27-26+. The molecule has 0 radical (unpaired) electrons. The molecule has 0 aliphatic carbocycles. The first kappa shape index (κ1) is 24.3. The number of nitrogens with zero attached hydrogens (tertiary/aromatic N) is 3. The predicted octanol–water partition coefficient (Wildman–Crippen LogP) is 5.81. The van der Waals surface area contributed by atoms with Gasteiger partial charge in [0.2, 0.25) is 5.78 Å². The Morgan fingerprint density at radius 2 is 1.88 bits per heavy atom. The number of hydrogen-bond acceptors (Lipinski definition) is 10. The number of hydrogen-bond donors (Lipinski definition) is 3. The van der Waals surface area contributed by atoms with Crippen molar-refractivity contribution in [3.63, 3.8) is 0 Å². The van der Waals surface area contributed by atoms with Gasteiger partial charge < -0.3 is 20.7 Å². The number of azo groups is 1. The molecular weight excluding hydrogens is 512 g/mol. The number of ether oxygens (including phenoxy) is 1.